The molecule has 184 valence electrons. The van der Waals surface area contributed by atoms with Crippen molar-refractivity contribution in [2.45, 2.75) is 16.7 Å². The van der Waals surface area contributed by atoms with Gasteiger partial charge in [-0.3, -0.25) is 9.10 Å². The summed E-state index contributed by atoms with van der Waals surface area (Å²) in [6.07, 6.45) is 1.95. The number of hydrogen-bond acceptors (Lipinski definition) is 5. The molecule has 0 spiro atoms. The highest BCUT2D eigenvalue weighted by atomic mass is 32.2. The van der Waals surface area contributed by atoms with Crippen LogP contribution in [0.2, 0.25) is 0 Å². The molecule has 0 bridgehead atoms. The summed E-state index contributed by atoms with van der Waals surface area (Å²) in [5.74, 6) is 0.769. The van der Waals surface area contributed by atoms with Crippen molar-refractivity contribution in [3.05, 3.63) is 109 Å². The van der Waals surface area contributed by atoms with Gasteiger partial charge in [0.1, 0.15) is 18.0 Å². The van der Waals surface area contributed by atoms with Crippen LogP contribution in [0.3, 0.4) is 0 Å². The van der Waals surface area contributed by atoms with Gasteiger partial charge < -0.3 is 10.1 Å². The van der Waals surface area contributed by atoms with E-state index in [1.165, 1.54) is 0 Å². The van der Waals surface area contributed by atoms with E-state index in [-0.39, 0.29) is 4.90 Å². The Kier molecular flexibility index (Phi) is 7.97. The van der Waals surface area contributed by atoms with Crippen LogP contribution in [0.15, 0.2) is 113 Å². The van der Waals surface area contributed by atoms with Gasteiger partial charge >= 0.3 is 0 Å². The number of benzene rings is 4. The number of rotatable bonds is 9. The highest BCUT2D eigenvalue weighted by Gasteiger charge is 2.27. The van der Waals surface area contributed by atoms with Crippen LogP contribution in [-0.4, -0.2) is 27.1 Å². The van der Waals surface area contributed by atoms with E-state index >= 15 is 0 Å². The topological polar surface area (TPSA) is 75.7 Å². The molecule has 4 rings (SSSR count). The summed E-state index contributed by atoms with van der Waals surface area (Å²) >= 11 is 1.56. The molecule has 8 heteroatoms. The molecular formula is C28H26N2O4S2. The number of thioether (sulfide) groups is 1. The maximum atomic E-state index is 13.6. The summed E-state index contributed by atoms with van der Waals surface area (Å²) < 4.78 is 34.2. The molecule has 0 unspecified atom stereocenters. The predicted octanol–water partition coefficient (Wildman–Crippen LogP) is 6.34. The summed E-state index contributed by atoms with van der Waals surface area (Å²) in [6.45, 7) is 1.49. The van der Waals surface area contributed by atoms with Crippen LogP contribution in [0.25, 0.3) is 0 Å². The first-order chi connectivity index (χ1) is 17.3. The number of amides is 1. The Morgan fingerprint density at radius 2 is 1.53 bits per heavy atom. The molecule has 0 saturated carbocycles. The minimum atomic E-state index is -4.02. The Morgan fingerprint density at radius 3 is 2.19 bits per heavy atom. The normalized spacial score (nSPS) is 11.1. The molecule has 0 aliphatic carbocycles. The zero-order valence-corrected chi connectivity index (χ0v) is 21.6. The average Bonchev–Trinajstić information content (AvgIpc) is 2.89. The maximum absolute atomic E-state index is 13.6. The number of nitrogens with zero attached hydrogens (tertiary/aromatic N) is 1. The number of sulfonamides is 1. The maximum Gasteiger partial charge on any atom is 0.264 e. The summed E-state index contributed by atoms with van der Waals surface area (Å²) in [6, 6.07) is 29.9. The fourth-order valence-corrected chi connectivity index (χ4v) is 5.37. The van der Waals surface area contributed by atoms with Crippen molar-refractivity contribution in [2.75, 3.05) is 22.4 Å². The van der Waals surface area contributed by atoms with Gasteiger partial charge in [0.2, 0.25) is 5.91 Å². The van der Waals surface area contributed by atoms with Gasteiger partial charge in [-0.15, -0.1) is 11.8 Å². The van der Waals surface area contributed by atoms with E-state index in [9.17, 15) is 13.2 Å². The van der Waals surface area contributed by atoms with E-state index in [2.05, 4.69) is 5.32 Å². The third-order valence-electron chi connectivity index (χ3n) is 5.35. The van der Waals surface area contributed by atoms with Crippen molar-refractivity contribution in [3.63, 3.8) is 0 Å². The number of aryl methyl sites for hydroxylation is 1. The van der Waals surface area contributed by atoms with Crippen LogP contribution in [0.5, 0.6) is 11.5 Å². The lowest BCUT2D eigenvalue weighted by molar-refractivity contribution is -0.114. The van der Waals surface area contributed by atoms with Crippen LogP contribution in [0, 0.1) is 6.92 Å². The highest BCUT2D eigenvalue weighted by Crippen LogP contribution is 2.28. The van der Waals surface area contributed by atoms with E-state index in [1.807, 2.05) is 61.7 Å². The Hall–Kier alpha value is -3.75. The SMILES string of the molecule is CSc1cccc(NC(=O)CN(c2ccc(Oc3ccccc3)cc2)S(=O)(=O)c2ccc(C)cc2)c1. The number of carbonyl (C=O) groups excluding carboxylic acids is 1. The van der Waals surface area contributed by atoms with Crippen LogP contribution < -0.4 is 14.4 Å². The molecule has 1 N–H and O–H groups in total. The van der Waals surface area contributed by atoms with Crippen molar-refractivity contribution in [3.8, 4) is 11.5 Å². The van der Waals surface area contributed by atoms with E-state index in [4.69, 9.17) is 4.74 Å². The largest absolute Gasteiger partial charge is 0.457 e. The molecule has 36 heavy (non-hydrogen) atoms. The second-order valence-corrected chi connectivity index (χ2v) is 10.8. The Morgan fingerprint density at radius 1 is 0.861 bits per heavy atom. The van der Waals surface area contributed by atoms with E-state index < -0.39 is 22.5 Å². The predicted molar refractivity (Wildman–Crippen MR) is 146 cm³/mol. The fraction of sp³-hybridized carbons (Fsp3) is 0.107. The van der Waals surface area contributed by atoms with E-state index in [0.29, 0.717) is 22.9 Å². The Labute approximate surface area is 216 Å². The molecule has 0 aliphatic heterocycles. The third-order valence-corrected chi connectivity index (χ3v) is 7.87. The van der Waals surface area contributed by atoms with Crippen molar-refractivity contribution < 1.29 is 17.9 Å². The van der Waals surface area contributed by atoms with Gasteiger partial charge in [-0.1, -0.05) is 42.0 Å². The lowest BCUT2D eigenvalue weighted by atomic mass is 10.2. The second-order valence-electron chi connectivity index (χ2n) is 8.01. The van der Waals surface area contributed by atoms with Crippen molar-refractivity contribution >= 4 is 39.1 Å². The van der Waals surface area contributed by atoms with Crippen LogP contribution in [-0.2, 0) is 14.8 Å². The van der Waals surface area contributed by atoms with Gasteiger partial charge in [0, 0.05) is 10.6 Å². The molecule has 4 aromatic rings. The standard InChI is InChI=1S/C28H26N2O4S2/c1-21-11-17-27(18-12-21)36(32,33)30(20-28(31)29-22-7-6-10-26(19-22)35-2)23-13-15-25(16-14-23)34-24-8-4-3-5-9-24/h3-19H,20H2,1-2H3,(H,29,31). The average molecular weight is 519 g/mol. The van der Waals surface area contributed by atoms with E-state index in [1.54, 1.807) is 66.4 Å². The zero-order chi connectivity index (χ0) is 25.5. The quantitative estimate of drug-likeness (QED) is 0.262. The van der Waals surface area contributed by atoms with Gasteiger partial charge in [-0.05, 0) is 79.9 Å². The number of carbonyl (C=O) groups is 1. The fourth-order valence-electron chi connectivity index (χ4n) is 3.49. The highest BCUT2D eigenvalue weighted by molar-refractivity contribution is 7.98. The minimum Gasteiger partial charge on any atom is -0.457 e. The van der Waals surface area contributed by atoms with Gasteiger partial charge in [-0.2, -0.15) is 0 Å². The molecule has 1 amide bonds. The summed E-state index contributed by atoms with van der Waals surface area (Å²) in [4.78, 5) is 14.1. The Balaban J connectivity index is 1.62. The number of nitrogens with one attached hydrogen (secondary N) is 1. The van der Waals surface area contributed by atoms with Crippen LogP contribution >= 0.6 is 11.8 Å². The van der Waals surface area contributed by atoms with Crippen LogP contribution in [0.1, 0.15) is 5.56 Å². The monoisotopic (exact) mass is 518 g/mol. The molecule has 0 aliphatic rings. The summed E-state index contributed by atoms with van der Waals surface area (Å²) in [5.41, 5.74) is 1.89. The molecule has 0 heterocycles. The molecule has 4 aromatic carbocycles. The van der Waals surface area contributed by atoms with Crippen molar-refractivity contribution in [2.24, 2.45) is 0 Å². The van der Waals surface area contributed by atoms with Crippen molar-refractivity contribution in [1.82, 2.24) is 0 Å². The molecule has 6 nitrogen and oxygen atoms in total. The van der Waals surface area contributed by atoms with Crippen molar-refractivity contribution in [1.29, 1.82) is 0 Å². The minimum absolute atomic E-state index is 0.106. The summed E-state index contributed by atoms with van der Waals surface area (Å²) in [7, 11) is -4.02. The molecular weight excluding hydrogens is 492 g/mol. The summed E-state index contributed by atoms with van der Waals surface area (Å²) in [5, 5.41) is 2.81. The lowest BCUT2D eigenvalue weighted by Gasteiger charge is -2.24. The van der Waals surface area contributed by atoms with Gasteiger partial charge in [0.15, 0.2) is 0 Å². The number of para-hydroxylation sites is 1. The number of anilines is 2. The molecule has 0 atom stereocenters. The first kappa shape index (κ1) is 25.3. The lowest BCUT2D eigenvalue weighted by Crippen LogP contribution is -2.38. The molecule has 0 fully saturated rings. The Bertz CT molecular complexity index is 1420. The van der Waals surface area contributed by atoms with E-state index in [0.717, 1.165) is 14.8 Å². The third kappa shape index (κ3) is 6.27. The second kappa shape index (κ2) is 11.3. The number of hydrogen-bond donors (Lipinski definition) is 1. The van der Waals surface area contributed by atoms with Gasteiger partial charge in [0.05, 0.1) is 10.6 Å². The first-order valence-electron chi connectivity index (χ1n) is 11.2. The number of ether oxygens (including phenoxy) is 1. The molecule has 0 radical (unpaired) electrons. The molecule has 0 aromatic heterocycles. The first-order valence-corrected chi connectivity index (χ1v) is 13.9. The smallest absolute Gasteiger partial charge is 0.264 e. The van der Waals surface area contributed by atoms with Crippen LogP contribution in [0.4, 0.5) is 11.4 Å². The van der Waals surface area contributed by atoms with Gasteiger partial charge in [-0.25, -0.2) is 8.42 Å². The van der Waals surface area contributed by atoms with Gasteiger partial charge in [0.25, 0.3) is 10.0 Å². The zero-order valence-electron chi connectivity index (χ0n) is 19.9. The molecule has 0 saturated heterocycles.